The molecular formula is C30H30ClFN4O5S2. The Balaban J connectivity index is 1.22. The number of thiazole rings is 1. The summed E-state index contributed by atoms with van der Waals surface area (Å²) in [5.74, 6) is -1.57. The molecule has 5 rings (SSSR count). The second-order valence-corrected chi connectivity index (χ2v) is 12.4. The average Bonchev–Trinajstić information content (AvgIpc) is 3.76. The topological polar surface area (TPSA) is 101 Å². The van der Waals surface area contributed by atoms with Crippen molar-refractivity contribution >= 4 is 72.8 Å². The Kier molecular flexibility index (Phi) is 10.0. The fourth-order valence-corrected chi connectivity index (χ4v) is 7.19. The molecule has 0 spiro atoms. The van der Waals surface area contributed by atoms with Crippen molar-refractivity contribution in [2.75, 3.05) is 37.5 Å². The van der Waals surface area contributed by atoms with E-state index >= 15 is 4.39 Å². The maximum Gasteiger partial charge on any atom is 0.305 e. The van der Waals surface area contributed by atoms with Gasteiger partial charge in [0.15, 0.2) is 10.9 Å². The Morgan fingerprint density at radius 2 is 2.05 bits per heavy atom. The van der Waals surface area contributed by atoms with E-state index in [2.05, 4.69) is 15.2 Å². The Bertz CT molecular complexity index is 1640. The van der Waals surface area contributed by atoms with E-state index < -0.39 is 11.7 Å². The van der Waals surface area contributed by atoms with Crippen molar-refractivity contribution in [1.29, 1.82) is 0 Å². The number of benzene rings is 2. The number of nitrogens with one attached hydrogen (secondary N) is 1. The van der Waals surface area contributed by atoms with Crippen LogP contribution in [0, 0.1) is 5.82 Å². The number of methoxy groups -OCH3 is 1. The molecule has 1 fully saturated rings. The van der Waals surface area contributed by atoms with Crippen LogP contribution in [0.5, 0.6) is 0 Å². The number of hydrogen-bond donors (Lipinski definition) is 1. The number of nitrogens with zero attached hydrogens (tertiary/aromatic N) is 3. The van der Waals surface area contributed by atoms with Crippen molar-refractivity contribution in [1.82, 2.24) is 10.0 Å². The number of anilines is 2. The molecule has 13 heteroatoms. The number of esters is 1. The fraction of sp³-hybridized carbons (Fsp3) is 0.333. The molecule has 0 bridgehead atoms. The minimum atomic E-state index is -0.642. The van der Waals surface area contributed by atoms with Crippen LogP contribution < -0.4 is 10.2 Å². The normalized spacial score (nSPS) is 14.9. The maximum atomic E-state index is 15.1. The van der Waals surface area contributed by atoms with Crippen LogP contribution in [0.3, 0.4) is 0 Å². The summed E-state index contributed by atoms with van der Waals surface area (Å²) >= 11 is 9.36. The number of rotatable bonds is 12. The number of ether oxygens (including phenoxy) is 1. The summed E-state index contributed by atoms with van der Waals surface area (Å²) in [5, 5.41) is 7.75. The predicted molar refractivity (Wildman–Crippen MR) is 166 cm³/mol. The first-order chi connectivity index (χ1) is 20.8. The SMILES string of the molecule is COC(=O)CCc1cnc(N2CCCC2N(CC(=O)Cc2cc(Cl)c(NC(=O)c3csc4ccccc34)cc2F)OC)s1. The quantitative estimate of drug-likeness (QED) is 0.146. The largest absolute Gasteiger partial charge is 0.469 e. The number of hydrogen-bond acceptors (Lipinski definition) is 10. The molecular weight excluding hydrogens is 615 g/mol. The molecule has 1 unspecified atom stereocenters. The van der Waals surface area contributed by atoms with E-state index in [1.807, 2.05) is 24.3 Å². The number of thiophene rings is 1. The summed E-state index contributed by atoms with van der Waals surface area (Å²) in [6.45, 7) is 0.667. The molecule has 1 saturated heterocycles. The van der Waals surface area contributed by atoms with Crippen LogP contribution in [0.15, 0.2) is 48.0 Å². The van der Waals surface area contributed by atoms with E-state index in [-0.39, 0.29) is 53.6 Å². The molecule has 0 radical (unpaired) electrons. The molecule has 1 amide bonds. The summed E-state index contributed by atoms with van der Waals surface area (Å²) in [6.07, 6.45) is 3.78. The summed E-state index contributed by atoms with van der Waals surface area (Å²) in [5.41, 5.74) is 0.737. The van der Waals surface area contributed by atoms with Crippen LogP contribution in [0.2, 0.25) is 5.02 Å². The number of aryl methyl sites for hydroxylation is 1. The van der Waals surface area contributed by atoms with Gasteiger partial charge in [-0.05, 0) is 43.0 Å². The highest BCUT2D eigenvalue weighted by atomic mass is 35.5. The van der Waals surface area contributed by atoms with Gasteiger partial charge in [-0.1, -0.05) is 29.8 Å². The van der Waals surface area contributed by atoms with Gasteiger partial charge in [0, 0.05) is 39.5 Å². The molecule has 1 atom stereocenters. The third kappa shape index (κ3) is 7.22. The number of ketones is 1. The van der Waals surface area contributed by atoms with Crippen molar-refractivity contribution in [2.45, 2.75) is 38.3 Å². The second-order valence-electron chi connectivity index (χ2n) is 10.00. The summed E-state index contributed by atoms with van der Waals surface area (Å²) in [4.78, 5) is 50.7. The lowest BCUT2D eigenvalue weighted by atomic mass is 10.1. The molecule has 2 aromatic carbocycles. The van der Waals surface area contributed by atoms with Crippen LogP contribution in [0.25, 0.3) is 10.1 Å². The molecule has 0 saturated carbocycles. The second kappa shape index (κ2) is 13.9. The molecule has 1 N–H and O–H groups in total. The first-order valence-electron chi connectivity index (χ1n) is 13.6. The molecule has 0 aliphatic carbocycles. The van der Waals surface area contributed by atoms with Crippen LogP contribution in [-0.2, 0) is 32.0 Å². The highest BCUT2D eigenvalue weighted by Crippen LogP contribution is 2.33. The van der Waals surface area contributed by atoms with Gasteiger partial charge in [0.05, 0.1) is 43.5 Å². The molecule has 4 aromatic rings. The molecule has 3 heterocycles. The molecule has 2 aromatic heterocycles. The fourth-order valence-electron chi connectivity index (χ4n) is 5.04. The number of carbonyl (C=O) groups is 3. The molecule has 9 nitrogen and oxygen atoms in total. The first kappa shape index (κ1) is 31.0. The van der Waals surface area contributed by atoms with Crippen LogP contribution in [-0.4, -0.2) is 61.2 Å². The average molecular weight is 645 g/mol. The van der Waals surface area contributed by atoms with E-state index in [1.165, 1.54) is 43.0 Å². The van der Waals surface area contributed by atoms with E-state index in [9.17, 15) is 14.4 Å². The third-order valence-corrected chi connectivity index (χ3v) is 9.58. The van der Waals surface area contributed by atoms with E-state index in [0.29, 0.717) is 12.0 Å². The minimum Gasteiger partial charge on any atom is -0.469 e. The van der Waals surface area contributed by atoms with Crippen molar-refractivity contribution in [3.63, 3.8) is 0 Å². The molecule has 1 aliphatic rings. The van der Waals surface area contributed by atoms with Gasteiger partial charge in [-0.15, -0.1) is 22.7 Å². The zero-order valence-electron chi connectivity index (χ0n) is 23.6. The monoisotopic (exact) mass is 644 g/mol. The van der Waals surface area contributed by atoms with Crippen molar-refractivity contribution < 1.29 is 28.3 Å². The number of Topliss-reactive ketones (excluding diaryl/α,β-unsaturated/α-hetero) is 1. The summed E-state index contributed by atoms with van der Waals surface area (Å²) < 4.78 is 20.8. The minimum absolute atomic E-state index is 0.0704. The highest BCUT2D eigenvalue weighted by Gasteiger charge is 2.33. The smallest absolute Gasteiger partial charge is 0.305 e. The van der Waals surface area contributed by atoms with E-state index in [4.69, 9.17) is 21.2 Å². The number of halogens is 2. The number of fused-ring (bicyclic) bond motifs is 1. The Morgan fingerprint density at radius 3 is 2.84 bits per heavy atom. The van der Waals surface area contributed by atoms with E-state index in [0.717, 1.165) is 45.5 Å². The van der Waals surface area contributed by atoms with E-state index in [1.54, 1.807) is 16.6 Å². The summed E-state index contributed by atoms with van der Waals surface area (Å²) in [7, 11) is 2.86. The van der Waals surface area contributed by atoms with Gasteiger partial charge in [0.1, 0.15) is 12.0 Å². The van der Waals surface area contributed by atoms with Gasteiger partial charge in [-0.2, -0.15) is 5.06 Å². The Labute approximate surface area is 261 Å². The lowest BCUT2D eigenvalue weighted by molar-refractivity contribution is -0.166. The highest BCUT2D eigenvalue weighted by molar-refractivity contribution is 7.17. The number of aromatic nitrogens is 1. The zero-order chi connectivity index (χ0) is 30.5. The van der Waals surface area contributed by atoms with Crippen LogP contribution in [0.1, 0.15) is 40.1 Å². The van der Waals surface area contributed by atoms with Gasteiger partial charge < -0.3 is 15.0 Å². The van der Waals surface area contributed by atoms with Gasteiger partial charge in [0.2, 0.25) is 0 Å². The lowest BCUT2D eigenvalue weighted by Gasteiger charge is -2.32. The summed E-state index contributed by atoms with van der Waals surface area (Å²) in [6, 6.07) is 10.0. The number of amides is 1. The molecule has 43 heavy (non-hydrogen) atoms. The Morgan fingerprint density at radius 1 is 1.23 bits per heavy atom. The zero-order valence-corrected chi connectivity index (χ0v) is 26.0. The number of carbonyl (C=O) groups excluding carboxylic acids is 3. The molecule has 1 aliphatic heterocycles. The third-order valence-electron chi connectivity index (χ3n) is 7.21. The lowest BCUT2D eigenvalue weighted by Crippen LogP contribution is -2.46. The molecule has 226 valence electrons. The van der Waals surface area contributed by atoms with Gasteiger partial charge in [0.25, 0.3) is 5.91 Å². The number of hydroxylamine groups is 2. The van der Waals surface area contributed by atoms with Crippen molar-refractivity contribution in [3.05, 3.63) is 74.8 Å². The van der Waals surface area contributed by atoms with Crippen molar-refractivity contribution in [2.24, 2.45) is 0 Å². The van der Waals surface area contributed by atoms with Crippen LogP contribution in [0.4, 0.5) is 15.2 Å². The van der Waals surface area contributed by atoms with Gasteiger partial charge >= 0.3 is 5.97 Å². The van der Waals surface area contributed by atoms with Gasteiger partial charge in [-0.25, -0.2) is 9.37 Å². The van der Waals surface area contributed by atoms with Gasteiger partial charge in [-0.3, -0.25) is 19.2 Å². The predicted octanol–water partition coefficient (Wildman–Crippen LogP) is 6.11. The van der Waals surface area contributed by atoms with Crippen molar-refractivity contribution in [3.8, 4) is 0 Å². The Hall–Kier alpha value is -3.42. The maximum absolute atomic E-state index is 15.1. The first-order valence-corrected chi connectivity index (χ1v) is 15.7. The van der Waals surface area contributed by atoms with Crippen LogP contribution >= 0.6 is 34.3 Å². The standard InChI is InChI=1S/C30H30ClFN4O5S2/c1-40-28(38)10-9-20-15-33-30(43-20)35-11-5-8-27(35)36(41-2)16-19(37)12-18-13-23(31)25(14-24(18)32)34-29(39)22-17-42-26-7-4-3-6-21(22)26/h3-4,6-7,13-15,17,27H,5,8-12,16H2,1-2H3,(H,34,39).